The number of aromatic nitrogens is 1. The van der Waals surface area contributed by atoms with Crippen LogP contribution in [0.5, 0.6) is 11.5 Å². The Balaban J connectivity index is 0.00000243. The molecule has 0 spiro atoms. The molecule has 1 unspecified atom stereocenters. The molecule has 0 aliphatic carbocycles. The van der Waals surface area contributed by atoms with Crippen molar-refractivity contribution in [1.29, 1.82) is 0 Å². The van der Waals surface area contributed by atoms with E-state index in [9.17, 15) is 5.11 Å². The average Bonchev–Trinajstić information content (AvgIpc) is 2.66. The molecule has 0 saturated carbocycles. The Hall–Kier alpha value is -2.34. The van der Waals surface area contributed by atoms with Gasteiger partial charge < -0.3 is 19.9 Å². The molecular weight excluding hydrogens is 352 g/mol. The van der Waals surface area contributed by atoms with Gasteiger partial charge in [0.15, 0.2) is 0 Å². The molecule has 26 heavy (non-hydrogen) atoms. The molecule has 0 amide bonds. The molecule has 0 aliphatic rings. The van der Waals surface area contributed by atoms with Crippen LogP contribution < -0.4 is 14.8 Å². The maximum Gasteiger partial charge on any atom is 0.131 e. The van der Waals surface area contributed by atoms with E-state index in [1.165, 1.54) is 0 Å². The van der Waals surface area contributed by atoms with Crippen molar-refractivity contribution >= 4 is 23.3 Å². The maximum atomic E-state index is 9.91. The van der Waals surface area contributed by atoms with Crippen molar-refractivity contribution in [1.82, 2.24) is 10.3 Å². The molecule has 1 heterocycles. The summed E-state index contributed by atoms with van der Waals surface area (Å²) in [4.78, 5) is 4.73. The number of methoxy groups -OCH3 is 1. The number of fused-ring (bicyclic) bond motifs is 1. The van der Waals surface area contributed by atoms with E-state index >= 15 is 0 Å². The molecule has 138 valence electrons. The number of pyridine rings is 1. The van der Waals surface area contributed by atoms with Gasteiger partial charge in [-0.05, 0) is 43.4 Å². The summed E-state index contributed by atoms with van der Waals surface area (Å²) in [7, 11) is 3.44. The zero-order valence-corrected chi connectivity index (χ0v) is 15.6. The van der Waals surface area contributed by atoms with Crippen LogP contribution in [0.25, 0.3) is 22.2 Å². The minimum atomic E-state index is -0.568. The van der Waals surface area contributed by atoms with Gasteiger partial charge in [-0.3, -0.25) is 0 Å². The highest BCUT2D eigenvalue weighted by molar-refractivity contribution is 5.88. The van der Waals surface area contributed by atoms with Gasteiger partial charge in [0.05, 0.1) is 18.3 Å². The Morgan fingerprint density at radius 1 is 1.12 bits per heavy atom. The number of para-hydroxylation sites is 1. The molecule has 3 rings (SSSR count). The summed E-state index contributed by atoms with van der Waals surface area (Å²) < 4.78 is 11.1. The Bertz CT molecular complexity index is 840. The van der Waals surface area contributed by atoms with E-state index < -0.39 is 6.10 Å². The van der Waals surface area contributed by atoms with Crippen molar-refractivity contribution in [3.63, 3.8) is 0 Å². The predicted octanol–water partition coefficient (Wildman–Crippen LogP) is 3.29. The van der Waals surface area contributed by atoms with Gasteiger partial charge in [-0.15, -0.1) is 12.4 Å². The maximum absolute atomic E-state index is 9.91. The second-order valence-corrected chi connectivity index (χ2v) is 5.77. The molecule has 2 aromatic carbocycles. The van der Waals surface area contributed by atoms with Gasteiger partial charge in [-0.25, -0.2) is 4.98 Å². The molecule has 6 heteroatoms. The normalized spacial score (nSPS) is 11.7. The topological polar surface area (TPSA) is 63.6 Å². The number of benzene rings is 2. The van der Waals surface area contributed by atoms with Crippen LogP contribution >= 0.6 is 12.4 Å². The van der Waals surface area contributed by atoms with Crippen LogP contribution in [0.15, 0.2) is 54.6 Å². The first-order chi connectivity index (χ1) is 12.2. The summed E-state index contributed by atoms with van der Waals surface area (Å²) in [5.41, 5.74) is 2.65. The largest absolute Gasteiger partial charge is 0.497 e. The summed E-state index contributed by atoms with van der Waals surface area (Å²) >= 11 is 0. The first-order valence-electron chi connectivity index (χ1n) is 8.21. The average molecular weight is 375 g/mol. The van der Waals surface area contributed by atoms with Crippen LogP contribution in [0.2, 0.25) is 0 Å². The molecule has 1 aromatic heterocycles. The summed E-state index contributed by atoms with van der Waals surface area (Å²) in [6.07, 6.45) is -0.568. The Morgan fingerprint density at radius 2 is 1.85 bits per heavy atom. The van der Waals surface area contributed by atoms with E-state index in [2.05, 4.69) is 5.32 Å². The third-order valence-corrected chi connectivity index (χ3v) is 3.93. The SMILES string of the molecule is CNCC(O)COc1cc(-c2ccc(OC)cc2)nc2ccccc12.Cl. The van der Waals surface area contributed by atoms with Crippen molar-refractivity contribution in [2.24, 2.45) is 0 Å². The summed E-state index contributed by atoms with van der Waals surface area (Å²) in [6.45, 7) is 0.700. The summed E-state index contributed by atoms with van der Waals surface area (Å²) in [5.74, 6) is 1.52. The lowest BCUT2D eigenvalue weighted by atomic mass is 10.1. The van der Waals surface area contributed by atoms with Crippen molar-refractivity contribution in [2.45, 2.75) is 6.10 Å². The van der Waals surface area contributed by atoms with E-state index in [0.29, 0.717) is 12.3 Å². The van der Waals surface area contributed by atoms with Gasteiger partial charge in [0.1, 0.15) is 24.2 Å². The molecule has 3 aromatic rings. The molecule has 5 nitrogen and oxygen atoms in total. The number of hydrogen-bond donors (Lipinski definition) is 2. The smallest absolute Gasteiger partial charge is 0.131 e. The zero-order valence-electron chi connectivity index (χ0n) is 14.8. The number of hydrogen-bond acceptors (Lipinski definition) is 5. The fraction of sp³-hybridized carbons (Fsp3) is 0.250. The van der Waals surface area contributed by atoms with Crippen LogP contribution in [-0.2, 0) is 0 Å². The molecule has 1 atom stereocenters. The minimum absolute atomic E-state index is 0. The lowest BCUT2D eigenvalue weighted by Gasteiger charge is -2.15. The lowest BCUT2D eigenvalue weighted by molar-refractivity contribution is 0.109. The number of nitrogens with one attached hydrogen (secondary N) is 1. The molecule has 0 fully saturated rings. The lowest BCUT2D eigenvalue weighted by Crippen LogP contribution is -2.29. The number of ether oxygens (including phenoxy) is 2. The predicted molar refractivity (Wildman–Crippen MR) is 106 cm³/mol. The van der Waals surface area contributed by atoms with Crippen LogP contribution in [0.1, 0.15) is 0 Å². The van der Waals surface area contributed by atoms with Crippen molar-refractivity contribution < 1.29 is 14.6 Å². The molecule has 0 radical (unpaired) electrons. The van der Waals surface area contributed by atoms with Gasteiger partial charge in [0.25, 0.3) is 0 Å². The van der Waals surface area contributed by atoms with Gasteiger partial charge in [0.2, 0.25) is 0 Å². The Kier molecular flexibility index (Phi) is 7.21. The molecular formula is C20H23ClN2O3. The third kappa shape index (κ3) is 4.64. The van der Waals surface area contributed by atoms with Gasteiger partial charge in [-0.1, -0.05) is 12.1 Å². The Labute approximate surface area is 159 Å². The summed E-state index contributed by atoms with van der Waals surface area (Å²) in [5, 5.41) is 13.8. The first-order valence-corrected chi connectivity index (χ1v) is 8.21. The monoisotopic (exact) mass is 374 g/mol. The second-order valence-electron chi connectivity index (χ2n) is 5.77. The van der Waals surface area contributed by atoms with E-state index in [-0.39, 0.29) is 19.0 Å². The van der Waals surface area contributed by atoms with Gasteiger partial charge in [0, 0.05) is 23.6 Å². The standard InChI is InChI=1S/C20H22N2O3.ClH/c1-21-12-15(23)13-25-20-11-19(14-7-9-16(24-2)10-8-14)22-18-6-4-3-5-17(18)20;/h3-11,15,21,23H,12-13H2,1-2H3;1H. The highest BCUT2D eigenvalue weighted by Gasteiger charge is 2.11. The van der Waals surface area contributed by atoms with E-state index in [4.69, 9.17) is 14.5 Å². The quantitative estimate of drug-likeness (QED) is 0.664. The fourth-order valence-electron chi connectivity index (χ4n) is 2.65. The highest BCUT2D eigenvalue weighted by Crippen LogP contribution is 2.30. The van der Waals surface area contributed by atoms with Crippen molar-refractivity contribution in [3.05, 3.63) is 54.6 Å². The summed E-state index contributed by atoms with van der Waals surface area (Å²) in [6, 6.07) is 17.5. The van der Waals surface area contributed by atoms with Gasteiger partial charge >= 0.3 is 0 Å². The zero-order chi connectivity index (χ0) is 17.6. The number of likely N-dealkylation sites (N-methyl/N-ethyl adjacent to an activating group) is 1. The first kappa shape index (κ1) is 20.0. The Morgan fingerprint density at radius 3 is 2.54 bits per heavy atom. The second kappa shape index (κ2) is 9.38. The van der Waals surface area contributed by atoms with Gasteiger partial charge in [-0.2, -0.15) is 0 Å². The van der Waals surface area contributed by atoms with E-state index in [1.54, 1.807) is 14.2 Å². The number of aliphatic hydroxyl groups is 1. The number of halogens is 1. The fourth-order valence-corrected chi connectivity index (χ4v) is 2.65. The minimum Gasteiger partial charge on any atom is -0.497 e. The number of aliphatic hydroxyl groups excluding tert-OH is 1. The molecule has 0 saturated heterocycles. The van der Waals surface area contributed by atoms with Crippen molar-refractivity contribution in [2.75, 3.05) is 27.3 Å². The van der Waals surface area contributed by atoms with Crippen LogP contribution in [0.3, 0.4) is 0 Å². The molecule has 2 N–H and O–H groups in total. The van der Waals surface area contributed by atoms with Crippen LogP contribution in [-0.4, -0.2) is 43.5 Å². The molecule has 0 aliphatic heterocycles. The molecule has 0 bridgehead atoms. The van der Waals surface area contributed by atoms with E-state index in [0.717, 1.165) is 27.9 Å². The third-order valence-electron chi connectivity index (χ3n) is 3.93. The number of rotatable bonds is 7. The van der Waals surface area contributed by atoms with Crippen LogP contribution in [0, 0.1) is 0 Å². The highest BCUT2D eigenvalue weighted by atomic mass is 35.5. The number of nitrogens with zero attached hydrogens (tertiary/aromatic N) is 1. The van der Waals surface area contributed by atoms with Crippen LogP contribution in [0.4, 0.5) is 0 Å². The van der Waals surface area contributed by atoms with Crippen molar-refractivity contribution in [3.8, 4) is 22.8 Å². The van der Waals surface area contributed by atoms with E-state index in [1.807, 2.05) is 54.6 Å².